The summed E-state index contributed by atoms with van der Waals surface area (Å²) in [6.07, 6.45) is 1.68. The summed E-state index contributed by atoms with van der Waals surface area (Å²) < 4.78 is 0. The van der Waals surface area contributed by atoms with Crippen molar-refractivity contribution in [2.45, 2.75) is 6.54 Å². The van der Waals surface area contributed by atoms with Gasteiger partial charge in [-0.2, -0.15) is 0 Å². The lowest BCUT2D eigenvalue weighted by Gasteiger charge is -2.13. The lowest BCUT2D eigenvalue weighted by molar-refractivity contribution is 1.11. The summed E-state index contributed by atoms with van der Waals surface area (Å²) in [6.45, 7) is 0.721. The molecule has 0 unspecified atom stereocenters. The predicted octanol–water partition coefficient (Wildman–Crippen LogP) is 3.75. The molecule has 0 saturated carbocycles. The van der Waals surface area contributed by atoms with Crippen molar-refractivity contribution in [1.82, 2.24) is 9.97 Å². The van der Waals surface area contributed by atoms with Crippen molar-refractivity contribution in [3.8, 4) is 0 Å². The largest absolute Gasteiger partial charge is 0.381 e. The second-order valence-corrected chi connectivity index (χ2v) is 6.53. The van der Waals surface area contributed by atoms with Gasteiger partial charge in [0.25, 0.3) is 5.56 Å². The first kappa shape index (κ1) is 16.1. The van der Waals surface area contributed by atoms with Crippen molar-refractivity contribution in [2.24, 2.45) is 0 Å². The number of pyridine rings is 2. The summed E-state index contributed by atoms with van der Waals surface area (Å²) in [4.78, 5) is 21.4. The highest BCUT2D eigenvalue weighted by atomic mass is 16.1. The van der Waals surface area contributed by atoms with Gasteiger partial charge in [0.15, 0.2) is 0 Å². The van der Waals surface area contributed by atoms with E-state index in [0.717, 1.165) is 23.0 Å². The number of anilines is 2. The summed E-state index contributed by atoms with van der Waals surface area (Å²) in [5, 5.41) is 5.96. The van der Waals surface area contributed by atoms with E-state index in [4.69, 9.17) is 0 Å². The molecule has 0 radical (unpaired) electrons. The average molecular weight is 344 g/mol. The molecule has 2 N–H and O–H groups in total. The molecule has 5 nitrogen and oxygen atoms in total. The fourth-order valence-electron chi connectivity index (χ4n) is 3.09. The second-order valence-electron chi connectivity index (χ2n) is 6.53. The van der Waals surface area contributed by atoms with E-state index in [-0.39, 0.29) is 5.56 Å². The minimum absolute atomic E-state index is 0.114. The number of fused-ring (bicyclic) bond motifs is 3. The van der Waals surface area contributed by atoms with Gasteiger partial charge in [0.05, 0.1) is 0 Å². The van der Waals surface area contributed by atoms with Crippen LogP contribution in [0, 0.1) is 0 Å². The van der Waals surface area contributed by atoms with E-state index in [2.05, 4.69) is 44.5 Å². The number of nitrogens with zero attached hydrogens (tertiary/aromatic N) is 2. The normalized spacial score (nSPS) is 11.0. The maximum Gasteiger partial charge on any atom is 0.257 e. The fraction of sp³-hybridized carbons (Fsp3) is 0.143. The topological polar surface area (TPSA) is 61.0 Å². The molecule has 0 bridgehead atoms. The Morgan fingerprint density at radius 2 is 1.81 bits per heavy atom. The van der Waals surface area contributed by atoms with Gasteiger partial charge in [-0.3, -0.25) is 4.79 Å². The van der Waals surface area contributed by atoms with Gasteiger partial charge in [-0.15, -0.1) is 0 Å². The summed E-state index contributed by atoms with van der Waals surface area (Å²) >= 11 is 0. The number of H-pyrrole nitrogens is 1. The average Bonchev–Trinajstić information content (AvgIpc) is 2.67. The van der Waals surface area contributed by atoms with E-state index >= 15 is 0 Å². The maximum atomic E-state index is 12.3. The zero-order valence-electron chi connectivity index (χ0n) is 14.8. The van der Waals surface area contributed by atoms with Crippen LogP contribution in [-0.4, -0.2) is 24.1 Å². The zero-order valence-corrected chi connectivity index (χ0v) is 14.8. The van der Waals surface area contributed by atoms with Crippen molar-refractivity contribution >= 4 is 33.2 Å². The van der Waals surface area contributed by atoms with E-state index in [0.29, 0.717) is 11.0 Å². The van der Waals surface area contributed by atoms with Crippen LogP contribution in [0.2, 0.25) is 0 Å². The Labute approximate surface area is 151 Å². The molecule has 0 saturated heterocycles. The minimum atomic E-state index is -0.114. The third-order valence-electron chi connectivity index (χ3n) is 4.54. The smallest absolute Gasteiger partial charge is 0.257 e. The van der Waals surface area contributed by atoms with Crippen LogP contribution in [0.3, 0.4) is 0 Å². The lowest BCUT2D eigenvalue weighted by atomic mass is 10.1. The highest BCUT2D eigenvalue weighted by Crippen LogP contribution is 2.23. The van der Waals surface area contributed by atoms with Gasteiger partial charge in [-0.25, -0.2) is 4.98 Å². The molecule has 0 aliphatic rings. The van der Waals surface area contributed by atoms with E-state index < -0.39 is 0 Å². The molecule has 2 aromatic carbocycles. The molecule has 2 heterocycles. The summed E-state index contributed by atoms with van der Waals surface area (Å²) in [7, 11) is 4.06. The standard InChI is InChI=1S/C21H20N4O/c1-25(2)16-8-5-14(6-9-16)13-23-15-7-10-18-19(12-15)17-4-3-11-22-20(17)24-21(18)26/h3-12,23H,13H2,1-2H3,(H,22,24,26). The van der Waals surface area contributed by atoms with Crippen LogP contribution in [0.5, 0.6) is 0 Å². The highest BCUT2D eigenvalue weighted by Gasteiger charge is 2.06. The third kappa shape index (κ3) is 2.99. The number of aromatic nitrogens is 2. The SMILES string of the molecule is CN(C)c1ccc(CNc2ccc3c(=O)[nH]c4ncccc4c3c2)cc1. The monoisotopic (exact) mass is 344 g/mol. The molecule has 4 aromatic rings. The van der Waals surface area contributed by atoms with Gasteiger partial charge in [-0.05, 0) is 48.0 Å². The molecule has 0 spiro atoms. The van der Waals surface area contributed by atoms with Crippen molar-refractivity contribution in [2.75, 3.05) is 24.3 Å². The molecule has 0 aliphatic carbocycles. The molecule has 4 rings (SSSR count). The summed E-state index contributed by atoms with van der Waals surface area (Å²) in [5.74, 6) is 0. The van der Waals surface area contributed by atoms with Gasteiger partial charge in [-0.1, -0.05) is 12.1 Å². The van der Waals surface area contributed by atoms with Crippen LogP contribution < -0.4 is 15.8 Å². The zero-order chi connectivity index (χ0) is 18.1. The molecule has 130 valence electrons. The Hall–Kier alpha value is -3.34. The number of aromatic amines is 1. The lowest BCUT2D eigenvalue weighted by Crippen LogP contribution is -2.09. The van der Waals surface area contributed by atoms with Crippen LogP contribution in [0.15, 0.2) is 65.6 Å². The predicted molar refractivity (Wildman–Crippen MR) is 108 cm³/mol. The number of benzene rings is 2. The van der Waals surface area contributed by atoms with E-state index in [1.165, 1.54) is 11.3 Å². The van der Waals surface area contributed by atoms with Gasteiger partial charge in [0.2, 0.25) is 0 Å². The van der Waals surface area contributed by atoms with Crippen molar-refractivity contribution in [1.29, 1.82) is 0 Å². The fourth-order valence-corrected chi connectivity index (χ4v) is 3.09. The number of hydrogen-bond acceptors (Lipinski definition) is 4. The van der Waals surface area contributed by atoms with Crippen molar-refractivity contribution in [3.05, 3.63) is 76.7 Å². The first-order chi connectivity index (χ1) is 12.6. The van der Waals surface area contributed by atoms with Gasteiger partial charge in [0, 0.05) is 54.4 Å². The number of nitrogens with one attached hydrogen (secondary N) is 2. The summed E-state index contributed by atoms with van der Waals surface area (Å²) in [6, 6.07) is 18.1. The first-order valence-electron chi connectivity index (χ1n) is 8.53. The first-order valence-corrected chi connectivity index (χ1v) is 8.53. The van der Waals surface area contributed by atoms with Crippen LogP contribution in [0.4, 0.5) is 11.4 Å². The Morgan fingerprint density at radius 3 is 2.58 bits per heavy atom. The molecular weight excluding hydrogens is 324 g/mol. The van der Waals surface area contributed by atoms with Crippen LogP contribution >= 0.6 is 0 Å². The molecule has 0 aliphatic heterocycles. The molecular formula is C21H20N4O. The Kier molecular flexibility index (Phi) is 4.05. The molecule has 0 fully saturated rings. The Morgan fingerprint density at radius 1 is 1.00 bits per heavy atom. The second kappa shape index (κ2) is 6.52. The number of hydrogen-bond donors (Lipinski definition) is 2. The maximum absolute atomic E-state index is 12.3. The third-order valence-corrected chi connectivity index (χ3v) is 4.54. The van der Waals surface area contributed by atoms with E-state index in [9.17, 15) is 4.79 Å². The summed E-state index contributed by atoms with van der Waals surface area (Å²) in [5.41, 5.74) is 3.86. The van der Waals surface area contributed by atoms with Crippen molar-refractivity contribution < 1.29 is 0 Å². The number of rotatable bonds is 4. The molecule has 0 atom stereocenters. The van der Waals surface area contributed by atoms with Gasteiger partial charge in [0.1, 0.15) is 5.65 Å². The Bertz CT molecular complexity index is 1130. The van der Waals surface area contributed by atoms with E-state index in [1.807, 2.05) is 44.4 Å². The molecule has 0 amide bonds. The molecule has 26 heavy (non-hydrogen) atoms. The highest BCUT2D eigenvalue weighted by molar-refractivity contribution is 6.05. The van der Waals surface area contributed by atoms with Crippen LogP contribution in [-0.2, 0) is 6.54 Å². The van der Waals surface area contributed by atoms with E-state index in [1.54, 1.807) is 6.20 Å². The van der Waals surface area contributed by atoms with Crippen LogP contribution in [0.1, 0.15) is 5.56 Å². The molecule has 2 aromatic heterocycles. The van der Waals surface area contributed by atoms with Gasteiger partial charge < -0.3 is 15.2 Å². The minimum Gasteiger partial charge on any atom is -0.381 e. The van der Waals surface area contributed by atoms with Crippen molar-refractivity contribution in [3.63, 3.8) is 0 Å². The molecule has 5 heteroatoms. The van der Waals surface area contributed by atoms with Crippen LogP contribution in [0.25, 0.3) is 21.8 Å². The Balaban J connectivity index is 1.65. The quantitative estimate of drug-likeness (QED) is 0.554. The van der Waals surface area contributed by atoms with Gasteiger partial charge >= 0.3 is 0 Å².